The molecule has 1 aliphatic heterocycles. The molecule has 0 spiro atoms. The van der Waals surface area contributed by atoms with Crippen LogP contribution in [0, 0.1) is 5.92 Å². The van der Waals surface area contributed by atoms with Crippen LogP contribution in [0.5, 0.6) is 0 Å². The highest BCUT2D eigenvalue weighted by atomic mass is 16.4. The third-order valence-electron chi connectivity index (χ3n) is 3.75. The van der Waals surface area contributed by atoms with Crippen LogP contribution in [0.2, 0.25) is 0 Å². The van der Waals surface area contributed by atoms with Crippen LogP contribution in [-0.2, 0) is 11.2 Å². The summed E-state index contributed by atoms with van der Waals surface area (Å²) in [7, 11) is 0. The standard InChI is InChI=1S/C15H19NO3/c1-15(2)9-13(17)12(10-16(15)14(18)19)8-11-6-4-3-5-7-11/h3-7,12H,8-10H2,1-2H3,(H,18,19). The number of likely N-dealkylation sites (tertiary alicyclic amines) is 1. The summed E-state index contributed by atoms with van der Waals surface area (Å²) < 4.78 is 0. The Balaban J connectivity index is 2.14. The van der Waals surface area contributed by atoms with Crippen molar-refractivity contribution in [2.45, 2.75) is 32.2 Å². The lowest BCUT2D eigenvalue weighted by atomic mass is 9.81. The number of piperidine rings is 1. The minimum Gasteiger partial charge on any atom is -0.465 e. The third kappa shape index (κ3) is 2.95. The maximum atomic E-state index is 12.2. The molecule has 2 rings (SSSR count). The summed E-state index contributed by atoms with van der Waals surface area (Å²) in [5.74, 6) is -0.0714. The normalized spacial score (nSPS) is 22.3. The molecule has 0 saturated carbocycles. The van der Waals surface area contributed by atoms with E-state index >= 15 is 0 Å². The van der Waals surface area contributed by atoms with Gasteiger partial charge in [0.25, 0.3) is 0 Å². The number of amides is 1. The maximum absolute atomic E-state index is 12.2. The average Bonchev–Trinajstić information content (AvgIpc) is 2.32. The van der Waals surface area contributed by atoms with Crippen LogP contribution < -0.4 is 0 Å². The van der Waals surface area contributed by atoms with Gasteiger partial charge in [-0.2, -0.15) is 0 Å². The van der Waals surface area contributed by atoms with Gasteiger partial charge in [0, 0.05) is 24.4 Å². The highest BCUT2D eigenvalue weighted by molar-refractivity contribution is 5.85. The van der Waals surface area contributed by atoms with Crippen LogP contribution in [0.25, 0.3) is 0 Å². The van der Waals surface area contributed by atoms with Gasteiger partial charge in [-0.05, 0) is 25.8 Å². The Labute approximate surface area is 113 Å². The SMILES string of the molecule is CC1(C)CC(=O)C(Cc2ccccc2)CN1C(=O)O. The zero-order valence-corrected chi connectivity index (χ0v) is 11.3. The van der Waals surface area contributed by atoms with E-state index in [-0.39, 0.29) is 24.7 Å². The summed E-state index contributed by atoms with van der Waals surface area (Å²) >= 11 is 0. The first-order chi connectivity index (χ1) is 8.90. The van der Waals surface area contributed by atoms with E-state index in [9.17, 15) is 14.7 Å². The van der Waals surface area contributed by atoms with Gasteiger partial charge in [0.2, 0.25) is 0 Å². The van der Waals surface area contributed by atoms with Gasteiger partial charge in [0.1, 0.15) is 5.78 Å². The van der Waals surface area contributed by atoms with E-state index in [0.29, 0.717) is 6.42 Å². The molecule has 1 aliphatic rings. The van der Waals surface area contributed by atoms with Crippen molar-refractivity contribution in [3.05, 3.63) is 35.9 Å². The fourth-order valence-corrected chi connectivity index (χ4v) is 2.65. The number of Topliss-reactive ketones (excluding diaryl/α,β-unsaturated/α-hetero) is 1. The van der Waals surface area contributed by atoms with Crippen molar-refractivity contribution in [3.63, 3.8) is 0 Å². The predicted molar refractivity (Wildman–Crippen MR) is 72.1 cm³/mol. The van der Waals surface area contributed by atoms with Gasteiger partial charge >= 0.3 is 6.09 Å². The molecule has 1 atom stereocenters. The summed E-state index contributed by atoms with van der Waals surface area (Å²) in [4.78, 5) is 24.8. The number of carbonyl (C=O) groups excluding carboxylic acids is 1. The molecule has 0 bridgehead atoms. The maximum Gasteiger partial charge on any atom is 0.407 e. The Kier molecular flexibility index (Phi) is 3.60. The van der Waals surface area contributed by atoms with Gasteiger partial charge in [-0.25, -0.2) is 4.79 Å². The zero-order chi connectivity index (χ0) is 14.0. The van der Waals surface area contributed by atoms with Gasteiger partial charge in [-0.1, -0.05) is 30.3 Å². The zero-order valence-electron chi connectivity index (χ0n) is 11.3. The van der Waals surface area contributed by atoms with Crippen molar-refractivity contribution in [3.8, 4) is 0 Å². The summed E-state index contributed by atoms with van der Waals surface area (Å²) in [6.45, 7) is 3.89. The minimum absolute atomic E-state index is 0.159. The molecule has 4 nitrogen and oxygen atoms in total. The minimum atomic E-state index is -0.949. The van der Waals surface area contributed by atoms with E-state index in [1.54, 1.807) is 13.8 Å². The number of carboxylic acid groups (broad SMARTS) is 1. The molecule has 1 aromatic carbocycles. The summed E-state index contributed by atoms with van der Waals surface area (Å²) in [6, 6.07) is 9.73. The van der Waals surface area contributed by atoms with E-state index in [0.717, 1.165) is 5.56 Å². The second kappa shape index (κ2) is 5.03. The Bertz CT molecular complexity index is 481. The molecule has 0 radical (unpaired) electrons. The van der Waals surface area contributed by atoms with Gasteiger partial charge < -0.3 is 10.0 Å². The number of nitrogens with zero attached hydrogens (tertiary/aromatic N) is 1. The highest BCUT2D eigenvalue weighted by Crippen LogP contribution is 2.29. The van der Waals surface area contributed by atoms with Crippen LogP contribution in [-0.4, -0.2) is 34.0 Å². The smallest absolute Gasteiger partial charge is 0.407 e. The Morgan fingerprint density at radius 2 is 2.00 bits per heavy atom. The molecule has 1 saturated heterocycles. The van der Waals surface area contributed by atoms with Crippen molar-refractivity contribution >= 4 is 11.9 Å². The summed E-state index contributed by atoms with van der Waals surface area (Å²) in [5, 5.41) is 9.26. The average molecular weight is 261 g/mol. The van der Waals surface area contributed by atoms with Crippen LogP contribution >= 0.6 is 0 Å². The molecule has 4 heteroatoms. The number of rotatable bonds is 2. The number of benzene rings is 1. The van der Waals surface area contributed by atoms with Gasteiger partial charge in [0.15, 0.2) is 0 Å². The van der Waals surface area contributed by atoms with E-state index in [2.05, 4.69) is 0 Å². The van der Waals surface area contributed by atoms with E-state index in [1.807, 2.05) is 30.3 Å². The first-order valence-corrected chi connectivity index (χ1v) is 6.47. The van der Waals surface area contributed by atoms with Gasteiger partial charge in [-0.15, -0.1) is 0 Å². The molecule has 19 heavy (non-hydrogen) atoms. The Morgan fingerprint density at radius 3 is 2.58 bits per heavy atom. The molecule has 1 N–H and O–H groups in total. The topological polar surface area (TPSA) is 57.6 Å². The lowest BCUT2D eigenvalue weighted by Crippen LogP contribution is -2.56. The van der Waals surface area contributed by atoms with Crippen molar-refractivity contribution in [2.24, 2.45) is 5.92 Å². The van der Waals surface area contributed by atoms with Crippen molar-refractivity contribution in [1.29, 1.82) is 0 Å². The van der Waals surface area contributed by atoms with Gasteiger partial charge in [0.05, 0.1) is 0 Å². The van der Waals surface area contributed by atoms with Crippen LogP contribution in [0.3, 0.4) is 0 Å². The molecule has 1 fully saturated rings. The van der Waals surface area contributed by atoms with E-state index < -0.39 is 11.6 Å². The van der Waals surface area contributed by atoms with Gasteiger partial charge in [-0.3, -0.25) is 4.79 Å². The fourth-order valence-electron chi connectivity index (χ4n) is 2.65. The van der Waals surface area contributed by atoms with Crippen molar-refractivity contribution in [1.82, 2.24) is 4.90 Å². The molecule has 1 aromatic rings. The first kappa shape index (κ1) is 13.6. The second-order valence-corrected chi connectivity index (χ2v) is 5.74. The Morgan fingerprint density at radius 1 is 1.37 bits per heavy atom. The highest BCUT2D eigenvalue weighted by Gasteiger charge is 2.41. The molecule has 102 valence electrons. The molecule has 0 aromatic heterocycles. The molecular weight excluding hydrogens is 242 g/mol. The van der Waals surface area contributed by atoms with Crippen molar-refractivity contribution < 1.29 is 14.7 Å². The van der Waals surface area contributed by atoms with Crippen molar-refractivity contribution in [2.75, 3.05) is 6.54 Å². The number of hydrogen-bond donors (Lipinski definition) is 1. The predicted octanol–water partition coefficient (Wildman–Crippen LogP) is 2.58. The van der Waals surface area contributed by atoms with E-state index in [1.165, 1.54) is 4.90 Å². The monoisotopic (exact) mass is 261 g/mol. The van der Waals surface area contributed by atoms with Crippen LogP contribution in [0.4, 0.5) is 4.79 Å². The molecule has 1 heterocycles. The second-order valence-electron chi connectivity index (χ2n) is 5.74. The molecule has 1 amide bonds. The number of hydrogen-bond acceptors (Lipinski definition) is 2. The molecule has 1 unspecified atom stereocenters. The van der Waals surface area contributed by atoms with Crippen LogP contribution in [0.15, 0.2) is 30.3 Å². The quantitative estimate of drug-likeness (QED) is 0.890. The number of carbonyl (C=O) groups is 2. The van der Waals surface area contributed by atoms with Crippen LogP contribution in [0.1, 0.15) is 25.8 Å². The molecular formula is C15H19NO3. The summed E-state index contributed by atoms with van der Waals surface area (Å²) in [6.07, 6.45) is -0.0494. The lowest BCUT2D eigenvalue weighted by Gasteiger charge is -2.43. The Hall–Kier alpha value is -1.84. The molecule has 0 aliphatic carbocycles. The fraction of sp³-hybridized carbons (Fsp3) is 0.467. The third-order valence-corrected chi connectivity index (χ3v) is 3.75. The first-order valence-electron chi connectivity index (χ1n) is 6.47. The largest absolute Gasteiger partial charge is 0.465 e. The summed E-state index contributed by atoms with van der Waals surface area (Å²) in [5.41, 5.74) is 0.474. The lowest BCUT2D eigenvalue weighted by molar-refractivity contribution is -0.129. The number of ketones is 1. The van der Waals surface area contributed by atoms with E-state index in [4.69, 9.17) is 0 Å².